The Labute approximate surface area is 208 Å². The predicted molar refractivity (Wildman–Crippen MR) is 136 cm³/mol. The van der Waals surface area contributed by atoms with Gasteiger partial charge in [-0.1, -0.05) is 54.8 Å². The molecule has 1 N–H and O–H groups in total. The number of carbonyl (C=O) groups is 1. The van der Waals surface area contributed by atoms with Gasteiger partial charge in [0.15, 0.2) is 5.82 Å². The van der Waals surface area contributed by atoms with Crippen molar-refractivity contribution in [2.24, 2.45) is 40.9 Å². The van der Waals surface area contributed by atoms with Gasteiger partial charge in [0.05, 0.1) is 5.41 Å². The summed E-state index contributed by atoms with van der Waals surface area (Å²) in [5.41, 5.74) is 4.83. The molecule has 182 valence electrons. The Morgan fingerprint density at radius 3 is 2.69 bits per heavy atom. The van der Waals surface area contributed by atoms with Crippen LogP contribution in [0.2, 0.25) is 0 Å². The summed E-state index contributed by atoms with van der Waals surface area (Å²) in [4.78, 5) is 22.2. The van der Waals surface area contributed by atoms with Gasteiger partial charge in [0, 0.05) is 17.5 Å². The average Bonchev–Trinajstić information content (AvgIpc) is 2.91. The first-order valence-electron chi connectivity index (χ1n) is 14.0. The summed E-state index contributed by atoms with van der Waals surface area (Å²) >= 11 is 0. The van der Waals surface area contributed by atoms with E-state index in [1.807, 2.05) is 6.07 Å². The molecule has 1 aromatic heterocycles. The number of carboxylic acids is 1. The molecule has 1 heterocycles. The summed E-state index contributed by atoms with van der Waals surface area (Å²) in [6, 6.07) is 10.3. The van der Waals surface area contributed by atoms with Crippen LogP contribution in [0.4, 0.5) is 0 Å². The third-order valence-electron chi connectivity index (χ3n) is 10.8. The number of hydrogen-bond acceptors (Lipinski definition) is 3. The fraction of sp³-hybridized carbons (Fsp3) is 0.581. The van der Waals surface area contributed by atoms with Crippen LogP contribution in [-0.2, 0) is 17.6 Å². The van der Waals surface area contributed by atoms with E-state index in [0.717, 1.165) is 86.4 Å². The molecule has 3 fully saturated rings. The lowest BCUT2D eigenvalue weighted by atomic mass is 9.48. The van der Waals surface area contributed by atoms with Gasteiger partial charge in [-0.2, -0.15) is 0 Å². The molecule has 4 nitrogen and oxygen atoms in total. The molecular formula is C31H36N2O2. The second kappa shape index (κ2) is 8.28. The zero-order valence-electron chi connectivity index (χ0n) is 20.5. The number of aliphatic carboxylic acids is 1. The van der Waals surface area contributed by atoms with Gasteiger partial charge in [0.25, 0.3) is 0 Å². The van der Waals surface area contributed by atoms with Gasteiger partial charge in [-0.15, -0.1) is 0 Å². The molecule has 0 aliphatic heterocycles. The highest BCUT2D eigenvalue weighted by Gasteiger charge is 2.56. The van der Waals surface area contributed by atoms with Crippen molar-refractivity contribution in [1.82, 2.24) is 9.97 Å². The van der Waals surface area contributed by atoms with Crippen LogP contribution >= 0.6 is 0 Å². The van der Waals surface area contributed by atoms with Crippen LogP contribution in [0.5, 0.6) is 0 Å². The van der Waals surface area contributed by atoms with Crippen LogP contribution in [-0.4, -0.2) is 21.0 Å². The maximum Gasteiger partial charge on any atom is 0.310 e. The predicted octanol–water partition coefficient (Wildman–Crippen LogP) is 6.50. The van der Waals surface area contributed by atoms with E-state index in [4.69, 9.17) is 9.97 Å². The lowest BCUT2D eigenvalue weighted by Crippen LogP contribution is -2.51. The smallest absolute Gasteiger partial charge is 0.310 e. The zero-order chi connectivity index (χ0) is 23.6. The summed E-state index contributed by atoms with van der Waals surface area (Å²) in [6.45, 7) is 0. The van der Waals surface area contributed by atoms with Gasteiger partial charge in [-0.3, -0.25) is 4.79 Å². The van der Waals surface area contributed by atoms with Crippen molar-refractivity contribution in [3.63, 3.8) is 0 Å². The second-order valence-corrected chi connectivity index (χ2v) is 12.1. The Balaban J connectivity index is 1.16. The Kier molecular flexibility index (Phi) is 5.15. The number of allylic oxidation sites excluding steroid dienone is 2. The average molecular weight is 469 g/mol. The van der Waals surface area contributed by atoms with Crippen molar-refractivity contribution in [3.8, 4) is 11.4 Å². The van der Waals surface area contributed by atoms with Gasteiger partial charge in [-0.05, 0) is 98.9 Å². The highest BCUT2D eigenvalue weighted by Crippen LogP contribution is 2.61. The molecule has 0 spiro atoms. The SMILES string of the molecule is O=C(O)C12CCCCC1C1=CCC3C4Cc5cnc(-c6ccccc6)nc5CC4CCC3C1CC2. The number of hydrogen-bond donors (Lipinski definition) is 1. The Morgan fingerprint density at radius 2 is 1.83 bits per heavy atom. The number of nitrogens with zero attached hydrogens (tertiary/aromatic N) is 2. The maximum atomic E-state index is 12.4. The molecule has 0 saturated heterocycles. The van der Waals surface area contributed by atoms with Gasteiger partial charge >= 0.3 is 5.97 Å². The minimum Gasteiger partial charge on any atom is -0.481 e. The van der Waals surface area contributed by atoms with Gasteiger partial charge in [0.1, 0.15) is 0 Å². The van der Waals surface area contributed by atoms with E-state index in [0.29, 0.717) is 11.8 Å². The number of carboxylic acid groups (broad SMARTS) is 1. The molecule has 35 heavy (non-hydrogen) atoms. The molecule has 0 radical (unpaired) electrons. The molecule has 5 aliphatic carbocycles. The summed E-state index contributed by atoms with van der Waals surface area (Å²) in [5, 5.41) is 10.2. The number of benzene rings is 1. The molecule has 0 bridgehead atoms. The van der Waals surface area contributed by atoms with Crippen LogP contribution in [0.25, 0.3) is 11.4 Å². The van der Waals surface area contributed by atoms with Crippen molar-refractivity contribution in [3.05, 3.63) is 59.4 Å². The first-order chi connectivity index (χ1) is 17.1. The van der Waals surface area contributed by atoms with E-state index in [1.165, 1.54) is 30.5 Å². The Morgan fingerprint density at radius 1 is 0.943 bits per heavy atom. The van der Waals surface area contributed by atoms with Gasteiger partial charge < -0.3 is 5.11 Å². The summed E-state index contributed by atoms with van der Waals surface area (Å²) in [5.74, 6) is 4.20. The molecule has 7 atom stereocenters. The Hall–Kier alpha value is -2.49. The van der Waals surface area contributed by atoms with Crippen molar-refractivity contribution >= 4 is 5.97 Å². The van der Waals surface area contributed by atoms with E-state index >= 15 is 0 Å². The largest absolute Gasteiger partial charge is 0.481 e. The summed E-state index contributed by atoms with van der Waals surface area (Å²) in [7, 11) is 0. The van der Waals surface area contributed by atoms with Crippen LogP contribution in [0.1, 0.15) is 69.0 Å². The van der Waals surface area contributed by atoms with E-state index in [2.05, 4.69) is 36.5 Å². The van der Waals surface area contributed by atoms with Crippen LogP contribution in [0.3, 0.4) is 0 Å². The normalized spacial score (nSPS) is 37.5. The standard InChI is InChI=1S/C31H36N2O2/c34-30(35)31-14-5-4-8-27(31)25-12-11-23-22(24(25)13-15-31)10-9-20-17-28-21(16-26(20)23)18-32-29(33-28)19-6-2-1-3-7-19/h1-3,6-7,12,18,20,22-24,26-27H,4-5,8-11,13-17H2,(H,34,35). The van der Waals surface area contributed by atoms with Crippen LogP contribution in [0, 0.1) is 40.9 Å². The second-order valence-electron chi connectivity index (χ2n) is 12.1. The molecule has 2 aromatic rings. The van der Waals surface area contributed by atoms with Crippen molar-refractivity contribution in [1.29, 1.82) is 0 Å². The molecule has 0 amide bonds. The van der Waals surface area contributed by atoms with E-state index in [1.54, 1.807) is 5.57 Å². The van der Waals surface area contributed by atoms with Crippen molar-refractivity contribution in [2.45, 2.75) is 70.6 Å². The summed E-state index contributed by atoms with van der Waals surface area (Å²) < 4.78 is 0. The third kappa shape index (κ3) is 3.35. The van der Waals surface area contributed by atoms with Crippen LogP contribution < -0.4 is 0 Å². The van der Waals surface area contributed by atoms with E-state index in [-0.39, 0.29) is 0 Å². The molecule has 4 heteroatoms. The van der Waals surface area contributed by atoms with Crippen LogP contribution in [0.15, 0.2) is 48.2 Å². The molecule has 7 rings (SSSR count). The molecule has 3 saturated carbocycles. The fourth-order valence-electron chi connectivity index (χ4n) is 9.19. The van der Waals surface area contributed by atoms with Gasteiger partial charge in [-0.25, -0.2) is 9.97 Å². The maximum absolute atomic E-state index is 12.4. The third-order valence-corrected chi connectivity index (χ3v) is 10.8. The number of aromatic nitrogens is 2. The van der Waals surface area contributed by atoms with Crippen molar-refractivity contribution < 1.29 is 9.90 Å². The number of rotatable bonds is 2. The van der Waals surface area contributed by atoms with Crippen molar-refractivity contribution in [2.75, 3.05) is 0 Å². The highest BCUT2D eigenvalue weighted by molar-refractivity contribution is 5.76. The first kappa shape index (κ1) is 21.8. The van der Waals surface area contributed by atoms with Gasteiger partial charge in [0.2, 0.25) is 0 Å². The molecule has 7 unspecified atom stereocenters. The van der Waals surface area contributed by atoms with E-state index < -0.39 is 11.4 Å². The first-order valence-corrected chi connectivity index (χ1v) is 14.0. The van der Waals surface area contributed by atoms with E-state index in [9.17, 15) is 9.90 Å². The topological polar surface area (TPSA) is 63.1 Å². The highest BCUT2D eigenvalue weighted by atomic mass is 16.4. The molecular weight excluding hydrogens is 432 g/mol. The quantitative estimate of drug-likeness (QED) is 0.511. The summed E-state index contributed by atoms with van der Waals surface area (Å²) in [6.07, 6.45) is 16.9. The molecule has 1 aromatic carbocycles. The monoisotopic (exact) mass is 468 g/mol. The lowest BCUT2D eigenvalue weighted by Gasteiger charge is -2.56. The number of fused-ring (bicyclic) bond motifs is 8. The lowest BCUT2D eigenvalue weighted by molar-refractivity contribution is -0.157. The zero-order valence-corrected chi connectivity index (χ0v) is 20.5. The Bertz CT molecular complexity index is 1170. The minimum absolute atomic E-state index is 0.295. The fourth-order valence-corrected chi connectivity index (χ4v) is 9.19. The minimum atomic E-state index is -0.522. The molecule has 5 aliphatic rings.